The number of hydrogen-bond acceptors (Lipinski definition) is 4. The maximum absolute atomic E-state index is 11.6. The number of piperazine rings is 1. The van der Waals surface area contributed by atoms with Crippen LogP contribution in [0.1, 0.15) is 26.7 Å². The average molecular weight is 269 g/mol. The van der Waals surface area contributed by atoms with Crippen molar-refractivity contribution in [1.82, 2.24) is 14.7 Å². The summed E-state index contributed by atoms with van der Waals surface area (Å²) in [4.78, 5) is 18.6. The van der Waals surface area contributed by atoms with E-state index in [-0.39, 0.29) is 6.09 Å². The van der Waals surface area contributed by atoms with Crippen LogP contribution in [-0.2, 0) is 4.74 Å². The summed E-state index contributed by atoms with van der Waals surface area (Å²) in [6.45, 7) is 11.8. The molecule has 5 nitrogen and oxygen atoms in total. The minimum Gasteiger partial charge on any atom is -0.450 e. The van der Waals surface area contributed by atoms with Crippen LogP contribution >= 0.6 is 0 Å². The molecule has 2 rings (SSSR count). The summed E-state index contributed by atoms with van der Waals surface area (Å²) < 4.78 is 5.05. The highest BCUT2D eigenvalue weighted by Crippen LogP contribution is 2.18. The average Bonchev–Trinajstić information content (AvgIpc) is 2.48. The Morgan fingerprint density at radius 1 is 1.05 bits per heavy atom. The molecule has 0 aromatic rings. The largest absolute Gasteiger partial charge is 0.450 e. The number of piperidine rings is 1. The molecule has 0 bridgehead atoms. The fraction of sp³-hybridized carbons (Fsp3) is 0.929. The fourth-order valence-corrected chi connectivity index (χ4v) is 3.09. The van der Waals surface area contributed by atoms with Gasteiger partial charge in [-0.3, -0.25) is 4.90 Å². The first-order valence-corrected chi connectivity index (χ1v) is 7.62. The van der Waals surface area contributed by atoms with Crippen LogP contribution in [0.4, 0.5) is 4.79 Å². The standard InChI is InChI=1S/C14H27N3O2/c1-3-15-7-5-13(6-8-15)16-9-11-17(12-10-16)14(18)19-4-2/h13H,3-12H2,1-2H3. The van der Waals surface area contributed by atoms with Crippen molar-refractivity contribution in [3.05, 3.63) is 0 Å². The van der Waals surface area contributed by atoms with E-state index in [9.17, 15) is 4.79 Å². The molecule has 0 unspecified atom stereocenters. The van der Waals surface area contributed by atoms with Crippen LogP contribution in [0.25, 0.3) is 0 Å². The van der Waals surface area contributed by atoms with Gasteiger partial charge in [-0.05, 0) is 39.4 Å². The topological polar surface area (TPSA) is 36.0 Å². The highest BCUT2D eigenvalue weighted by molar-refractivity contribution is 5.67. The molecule has 19 heavy (non-hydrogen) atoms. The number of carbonyl (C=O) groups is 1. The summed E-state index contributed by atoms with van der Waals surface area (Å²) in [5, 5.41) is 0. The zero-order valence-electron chi connectivity index (χ0n) is 12.3. The second kappa shape index (κ2) is 7.10. The second-order valence-corrected chi connectivity index (χ2v) is 5.39. The molecule has 0 saturated carbocycles. The van der Waals surface area contributed by atoms with Gasteiger partial charge in [-0.1, -0.05) is 6.92 Å². The van der Waals surface area contributed by atoms with Crippen molar-refractivity contribution in [3.63, 3.8) is 0 Å². The van der Waals surface area contributed by atoms with E-state index in [0.717, 1.165) is 26.2 Å². The first kappa shape index (κ1) is 14.6. The molecule has 5 heteroatoms. The third-order valence-corrected chi connectivity index (χ3v) is 4.36. The van der Waals surface area contributed by atoms with E-state index in [2.05, 4.69) is 16.7 Å². The Labute approximate surface area is 116 Å². The van der Waals surface area contributed by atoms with Crippen LogP contribution in [0.15, 0.2) is 0 Å². The number of hydrogen-bond donors (Lipinski definition) is 0. The molecule has 1 amide bonds. The third kappa shape index (κ3) is 3.83. The van der Waals surface area contributed by atoms with Gasteiger partial charge < -0.3 is 14.5 Å². The lowest BCUT2D eigenvalue weighted by Crippen LogP contribution is -2.54. The zero-order valence-corrected chi connectivity index (χ0v) is 12.3. The van der Waals surface area contributed by atoms with E-state index < -0.39 is 0 Å². The number of carbonyl (C=O) groups excluding carboxylic acids is 1. The summed E-state index contributed by atoms with van der Waals surface area (Å²) in [6, 6.07) is 0.715. The van der Waals surface area contributed by atoms with Crippen LogP contribution in [-0.4, -0.2) is 79.3 Å². The Kier molecular flexibility index (Phi) is 5.45. The van der Waals surface area contributed by atoms with Crippen molar-refractivity contribution >= 4 is 6.09 Å². The van der Waals surface area contributed by atoms with E-state index in [1.165, 1.54) is 32.5 Å². The first-order chi connectivity index (χ1) is 9.24. The van der Waals surface area contributed by atoms with Crippen molar-refractivity contribution in [2.45, 2.75) is 32.7 Å². The molecule has 2 aliphatic heterocycles. The van der Waals surface area contributed by atoms with Crippen molar-refractivity contribution in [3.8, 4) is 0 Å². The van der Waals surface area contributed by atoms with Crippen molar-refractivity contribution in [2.24, 2.45) is 0 Å². The summed E-state index contributed by atoms with van der Waals surface area (Å²) >= 11 is 0. The van der Waals surface area contributed by atoms with Crippen LogP contribution in [0.2, 0.25) is 0 Å². The quantitative estimate of drug-likeness (QED) is 0.772. The molecule has 0 aromatic heterocycles. The first-order valence-electron chi connectivity index (χ1n) is 7.62. The van der Waals surface area contributed by atoms with E-state index in [1.807, 2.05) is 11.8 Å². The van der Waals surface area contributed by atoms with Crippen molar-refractivity contribution < 1.29 is 9.53 Å². The van der Waals surface area contributed by atoms with Gasteiger partial charge in [0.1, 0.15) is 0 Å². The Hall–Kier alpha value is -0.810. The molecule has 0 aromatic carbocycles. The van der Waals surface area contributed by atoms with Gasteiger partial charge >= 0.3 is 6.09 Å². The molecule has 2 saturated heterocycles. The molecule has 2 fully saturated rings. The Morgan fingerprint density at radius 3 is 2.21 bits per heavy atom. The lowest BCUT2D eigenvalue weighted by atomic mass is 10.0. The van der Waals surface area contributed by atoms with E-state index in [1.54, 1.807) is 0 Å². The van der Waals surface area contributed by atoms with Gasteiger partial charge in [0.2, 0.25) is 0 Å². The zero-order chi connectivity index (χ0) is 13.7. The third-order valence-electron chi connectivity index (χ3n) is 4.36. The predicted molar refractivity (Wildman–Crippen MR) is 75.3 cm³/mol. The summed E-state index contributed by atoms with van der Waals surface area (Å²) in [6.07, 6.45) is 2.39. The van der Waals surface area contributed by atoms with Gasteiger partial charge in [-0.25, -0.2) is 4.79 Å². The van der Waals surface area contributed by atoms with Gasteiger partial charge in [0.05, 0.1) is 6.61 Å². The van der Waals surface area contributed by atoms with Gasteiger partial charge in [-0.15, -0.1) is 0 Å². The Morgan fingerprint density at radius 2 is 1.68 bits per heavy atom. The Bertz CT molecular complexity index is 282. The summed E-state index contributed by atoms with van der Waals surface area (Å²) in [5.41, 5.74) is 0. The van der Waals surface area contributed by atoms with Crippen LogP contribution in [0, 0.1) is 0 Å². The molecule has 2 heterocycles. The SMILES string of the molecule is CCOC(=O)N1CCN(C2CCN(CC)CC2)CC1. The molecular weight excluding hydrogens is 242 g/mol. The van der Waals surface area contributed by atoms with E-state index in [4.69, 9.17) is 4.74 Å². The monoisotopic (exact) mass is 269 g/mol. The molecule has 0 radical (unpaired) electrons. The maximum Gasteiger partial charge on any atom is 0.409 e. The highest BCUT2D eigenvalue weighted by atomic mass is 16.6. The molecule has 110 valence electrons. The second-order valence-electron chi connectivity index (χ2n) is 5.39. The van der Waals surface area contributed by atoms with Gasteiger partial charge in [-0.2, -0.15) is 0 Å². The lowest BCUT2D eigenvalue weighted by molar-refractivity contribution is 0.0482. The fourth-order valence-electron chi connectivity index (χ4n) is 3.09. The smallest absolute Gasteiger partial charge is 0.409 e. The maximum atomic E-state index is 11.6. The van der Waals surface area contributed by atoms with Crippen LogP contribution < -0.4 is 0 Å². The summed E-state index contributed by atoms with van der Waals surface area (Å²) in [5.74, 6) is 0. The highest BCUT2D eigenvalue weighted by Gasteiger charge is 2.28. The molecular formula is C14H27N3O2. The van der Waals surface area contributed by atoms with Gasteiger partial charge in [0.25, 0.3) is 0 Å². The van der Waals surface area contributed by atoms with Crippen molar-refractivity contribution in [1.29, 1.82) is 0 Å². The molecule has 2 aliphatic rings. The molecule has 0 atom stereocenters. The minimum atomic E-state index is -0.150. The van der Waals surface area contributed by atoms with Crippen molar-refractivity contribution in [2.75, 3.05) is 52.4 Å². The van der Waals surface area contributed by atoms with E-state index in [0.29, 0.717) is 12.6 Å². The minimum absolute atomic E-state index is 0.150. The normalized spacial score (nSPS) is 23.6. The van der Waals surface area contributed by atoms with Crippen LogP contribution in [0.3, 0.4) is 0 Å². The number of nitrogens with zero attached hydrogens (tertiary/aromatic N) is 3. The number of ether oxygens (including phenoxy) is 1. The number of amides is 1. The van der Waals surface area contributed by atoms with Crippen LogP contribution in [0.5, 0.6) is 0 Å². The van der Waals surface area contributed by atoms with E-state index >= 15 is 0 Å². The lowest BCUT2D eigenvalue weighted by Gasteiger charge is -2.42. The molecule has 0 N–H and O–H groups in total. The predicted octanol–water partition coefficient (Wildman–Crippen LogP) is 1.24. The molecule has 0 spiro atoms. The summed E-state index contributed by atoms with van der Waals surface area (Å²) in [7, 11) is 0. The van der Waals surface area contributed by atoms with Gasteiger partial charge in [0.15, 0.2) is 0 Å². The molecule has 0 aliphatic carbocycles. The number of likely N-dealkylation sites (tertiary alicyclic amines) is 1. The van der Waals surface area contributed by atoms with Gasteiger partial charge in [0, 0.05) is 32.2 Å². The Balaban J connectivity index is 1.73. The number of rotatable bonds is 3.